The molecule has 1 aromatic carbocycles. The van der Waals surface area contributed by atoms with E-state index >= 15 is 0 Å². The van der Waals surface area contributed by atoms with Crippen LogP contribution in [-0.2, 0) is 4.74 Å². The Hall–Kier alpha value is -2.40. The summed E-state index contributed by atoms with van der Waals surface area (Å²) in [4.78, 5) is 8.88. The molecule has 5 heteroatoms. The van der Waals surface area contributed by atoms with Crippen LogP contribution in [0.3, 0.4) is 0 Å². The molecule has 0 N–H and O–H groups in total. The summed E-state index contributed by atoms with van der Waals surface area (Å²) in [5.74, 6) is 2.23. The van der Waals surface area contributed by atoms with E-state index in [0.717, 1.165) is 50.2 Å². The van der Waals surface area contributed by atoms with Crippen LogP contribution >= 0.6 is 0 Å². The molecule has 0 fully saturated rings. The maximum atomic E-state index is 5.82. The maximum absolute atomic E-state index is 5.82. The lowest BCUT2D eigenvalue weighted by Gasteiger charge is -2.08. The van der Waals surface area contributed by atoms with Gasteiger partial charge in [-0.25, -0.2) is 9.97 Å². The van der Waals surface area contributed by atoms with Gasteiger partial charge in [0.15, 0.2) is 11.6 Å². The van der Waals surface area contributed by atoms with Crippen molar-refractivity contribution in [3.05, 3.63) is 48.8 Å². The Kier molecular flexibility index (Phi) is 14.7. The summed E-state index contributed by atoms with van der Waals surface area (Å²) in [5, 5.41) is 0. The second-order valence-corrected chi connectivity index (χ2v) is 8.27. The lowest BCUT2D eigenvalue weighted by atomic mass is 10.1. The molecule has 5 nitrogen and oxygen atoms in total. The van der Waals surface area contributed by atoms with Crippen molar-refractivity contribution in [2.75, 3.05) is 26.4 Å². The minimum absolute atomic E-state index is 0.550. The fourth-order valence-electron chi connectivity index (χ4n) is 3.28. The monoisotopic (exact) mass is 454 g/mol. The fraction of sp³-hybridized carbons (Fsp3) is 0.571. The van der Waals surface area contributed by atoms with E-state index in [1.165, 1.54) is 38.5 Å². The van der Waals surface area contributed by atoms with Crippen LogP contribution in [0.5, 0.6) is 11.5 Å². The number of hydrogen-bond acceptors (Lipinski definition) is 5. The predicted molar refractivity (Wildman–Crippen MR) is 136 cm³/mol. The van der Waals surface area contributed by atoms with Gasteiger partial charge in [0.2, 0.25) is 0 Å². The van der Waals surface area contributed by atoms with Gasteiger partial charge < -0.3 is 14.2 Å². The summed E-state index contributed by atoms with van der Waals surface area (Å²) in [7, 11) is 0. The number of rotatable bonds is 19. The SMILES string of the molecule is CCCCCCCC=CCOc1cnc(-c2ccc(OCCCCOCCCC)cc2)nc1. The van der Waals surface area contributed by atoms with Crippen LogP contribution in [0.15, 0.2) is 48.8 Å². The summed E-state index contributed by atoms with van der Waals surface area (Å²) in [5.41, 5.74) is 0.959. The molecular formula is C28H42N2O3. The summed E-state index contributed by atoms with van der Waals surface area (Å²) >= 11 is 0. The number of hydrogen-bond donors (Lipinski definition) is 0. The van der Waals surface area contributed by atoms with Crippen molar-refractivity contribution >= 4 is 0 Å². The van der Waals surface area contributed by atoms with Gasteiger partial charge in [0.25, 0.3) is 0 Å². The summed E-state index contributed by atoms with van der Waals surface area (Å²) in [6.45, 7) is 7.35. The molecule has 1 heterocycles. The van der Waals surface area contributed by atoms with Gasteiger partial charge in [-0.3, -0.25) is 0 Å². The van der Waals surface area contributed by atoms with Crippen LogP contribution in [0.1, 0.15) is 78.1 Å². The highest BCUT2D eigenvalue weighted by molar-refractivity contribution is 5.56. The second-order valence-electron chi connectivity index (χ2n) is 8.27. The van der Waals surface area contributed by atoms with E-state index in [-0.39, 0.29) is 0 Å². The molecule has 0 spiro atoms. The standard InChI is InChI=1S/C28H42N2O3/c1-3-5-7-8-9-10-11-12-21-33-27-23-29-28(30-24-27)25-15-17-26(18-16-25)32-22-14-13-20-31-19-6-4-2/h11-12,15-18,23-24H,3-10,13-14,19-22H2,1-2H3. The van der Waals surface area contributed by atoms with E-state index in [1.54, 1.807) is 12.4 Å². The normalized spacial score (nSPS) is 11.2. The first-order chi connectivity index (χ1) is 16.3. The smallest absolute Gasteiger partial charge is 0.159 e. The van der Waals surface area contributed by atoms with Gasteiger partial charge in [-0.2, -0.15) is 0 Å². The largest absolute Gasteiger partial charge is 0.494 e. The summed E-state index contributed by atoms with van der Waals surface area (Å²) in [6.07, 6.45) is 19.7. The van der Waals surface area contributed by atoms with Crippen molar-refractivity contribution < 1.29 is 14.2 Å². The highest BCUT2D eigenvalue weighted by Crippen LogP contribution is 2.20. The zero-order valence-corrected chi connectivity index (χ0v) is 20.6. The Bertz CT molecular complexity index is 745. The highest BCUT2D eigenvalue weighted by atomic mass is 16.5. The van der Waals surface area contributed by atoms with Gasteiger partial charge in [0.1, 0.15) is 12.4 Å². The molecule has 0 aliphatic rings. The van der Waals surface area contributed by atoms with Crippen LogP contribution in [0.4, 0.5) is 0 Å². The van der Waals surface area contributed by atoms with Crippen molar-refractivity contribution in [2.24, 2.45) is 0 Å². The fourth-order valence-corrected chi connectivity index (χ4v) is 3.28. The molecule has 0 aliphatic carbocycles. The second kappa shape index (κ2) is 18.1. The molecule has 0 saturated carbocycles. The minimum Gasteiger partial charge on any atom is -0.494 e. The Morgan fingerprint density at radius 2 is 1.36 bits per heavy atom. The van der Waals surface area contributed by atoms with Crippen molar-refractivity contribution in [1.29, 1.82) is 0 Å². The molecular weight excluding hydrogens is 412 g/mol. The summed E-state index contributed by atoms with van der Waals surface area (Å²) in [6, 6.07) is 7.91. The molecule has 0 unspecified atom stereocenters. The zero-order valence-electron chi connectivity index (χ0n) is 20.6. The lowest BCUT2D eigenvalue weighted by molar-refractivity contribution is 0.123. The first-order valence-corrected chi connectivity index (χ1v) is 12.7. The maximum Gasteiger partial charge on any atom is 0.159 e. The van der Waals surface area contributed by atoms with Gasteiger partial charge in [-0.1, -0.05) is 58.1 Å². The number of nitrogens with zero attached hydrogens (tertiary/aromatic N) is 2. The van der Waals surface area contributed by atoms with Gasteiger partial charge in [-0.05, 0) is 56.4 Å². The topological polar surface area (TPSA) is 53.5 Å². The van der Waals surface area contributed by atoms with Crippen molar-refractivity contribution in [3.63, 3.8) is 0 Å². The molecule has 2 aromatic rings. The first-order valence-electron chi connectivity index (χ1n) is 12.7. The number of benzene rings is 1. The van der Waals surface area contributed by atoms with Crippen LogP contribution in [0.2, 0.25) is 0 Å². The summed E-state index contributed by atoms with van der Waals surface area (Å²) < 4.78 is 17.1. The van der Waals surface area contributed by atoms with E-state index in [2.05, 4.69) is 36.0 Å². The number of unbranched alkanes of at least 4 members (excludes halogenated alkanes) is 7. The molecule has 182 valence electrons. The van der Waals surface area contributed by atoms with Crippen LogP contribution in [-0.4, -0.2) is 36.4 Å². The van der Waals surface area contributed by atoms with Crippen molar-refractivity contribution in [2.45, 2.75) is 78.1 Å². The molecule has 33 heavy (non-hydrogen) atoms. The number of allylic oxidation sites excluding steroid dienone is 1. The number of ether oxygens (including phenoxy) is 3. The Morgan fingerprint density at radius 1 is 0.667 bits per heavy atom. The van der Waals surface area contributed by atoms with Gasteiger partial charge in [0, 0.05) is 18.8 Å². The van der Waals surface area contributed by atoms with Gasteiger partial charge in [-0.15, -0.1) is 0 Å². The third-order valence-corrected chi connectivity index (χ3v) is 5.32. The molecule has 0 radical (unpaired) electrons. The minimum atomic E-state index is 0.550. The third-order valence-electron chi connectivity index (χ3n) is 5.32. The molecule has 0 saturated heterocycles. The quantitative estimate of drug-likeness (QED) is 0.163. The van der Waals surface area contributed by atoms with E-state index in [4.69, 9.17) is 14.2 Å². The van der Waals surface area contributed by atoms with E-state index < -0.39 is 0 Å². The average molecular weight is 455 g/mol. The number of aromatic nitrogens is 2. The Labute approximate surface area is 200 Å². The van der Waals surface area contributed by atoms with Crippen LogP contribution in [0.25, 0.3) is 11.4 Å². The zero-order chi connectivity index (χ0) is 23.4. The molecule has 2 rings (SSSR count). The average Bonchev–Trinajstić information content (AvgIpc) is 2.85. The first kappa shape index (κ1) is 26.8. The third kappa shape index (κ3) is 12.4. The van der Waals surface area contributed by atoms with Gasteiger partial charge >= 0.3 is 0 Å². The molecule has 0 bridgehead atoms. The molecule has 1 aromatic heterocycles. The van der Waals surface area contributed by atoms with Crippen molar-refractivity contribution in [1.82, 2.24) is 9.97 Å². The van der Waals surface area contributed by atoms with Crippen molar-refractivity contribution in [3.8, 4) is 22.9 Å². The molecule has 0 aliphatic heterocycles. The van der Waals surface area contributed by atoms with E-state index in [9.17, 15) is 0 Å². The van der Waals surface area contributed by atoms with E-state index in [0.29, 0.717) is 24.8 Å². The Morgan fingerprint density at radius 3 is 2.12 bits per heavy atom. The highest BCUT2D eigenvalue weighted by Gasteiger charge is 2.03. The van der Waals surface area contributed by atoms with Crippen LogP contribution in [0, 0.1) is 0 Å². The Balaban J connectivity index is 1.62. The molecule has 0 atom stereocenters. The van der Waals surface area contributed by atoms with Crippen LogP contribution < -0.4 is 9.47 Å². The predicted octanol–water partition coefficient (Wildman–Crippen LogP) is 7.41. The van der Waals surface area contributed by atoms with E-state index in [1.807, 2.05) is 24.3 Å². The lowest BCUT2D eigenvalue weighted by Crippen LogP contribution is -2.01. The molecule has 0 amide bonds. The van der Waals surface area contributed by atoms with Gasteiger partial charge in [0.05, 0.1) is 19.0 Å².